The summed E-state index contributed by atoms with van der Waals surface area (Å²) in [4.78, 5) is 1.97. The van der Waals surface area contributed by atoms with Crippen molar-refractivity contribution in [3.05, 3.63) is 42.7 Å². The number of benzene rings is 1. The summed E-state index contributed by atoms with van der Waals surface area (Å²) in [7, 11) is 7.28. The quantitative estimate of drug-likeness (QED) is 0.770. The molecule has 4 heteroatoms. The van der Waals surface area contributed by atoms with E-state index in [1.807, 2.05) is 4.90 Å². The van der Waals surface area contributed by atoms with Gasteiger partial charge < -0.3 is 14.4 Å². The van der Waals surface area contributed by atoms with Gasteiger partial charge >= 0.3 is 0 Å². The van der Waals surface area contributed by atoms with Gasteiger partial charge in [0.05, 0.1) is 0 Å². The fourth-order valence-corrected chi connectivity index (χ4v) is 2.64. The molecule has 0 N–H and O–H groups in total. The lowest BCUT2D eigenvalue weighted by atomic mass is 9.82. The largest absolute Gasteiger partial charge is 0.457 e. The Balaban J connectivity index is 2.36. The van der Waals surface area contributed by atoms with Crippen molar-refractivity contribution in [2.45, 2.75) is 18.1 Å². The number of hydrogen-bond acceptors (Lipinski definition) is 3. The molecule has 1 aromatic rings. The van der Waals surface area contributed by atoms with Gasteiger partial charge in [-0.2, -0.15) is 0 Å². The van der Waals surface area contributed by atoms with Gasteiger partial charge in [0.2, 0.25) is 0 Å². The van der Waals surface area contributed by atoms with Gasteiger partial charge in [-0.05, 0) is 37.2 Å². The maximum Gasteiger partial charge on any atom is 0.123 e. The van der Waals surface area contributed by atoms with Crippen LogP contribution in [0.3, 0.4) is 0 Å². The molecule has 0 aliphatic carbocycles. The Kier molecular flexibility index (Phi) is 4.00. The molecule has 0 bridgehead atoms. The van der Waals surface area contributed by atoms with Crippen molar-refractivity contribution in [2.75, 3.05) is 27.3 Å². The molecule has 0 aromatic heterocycles. The summed E-state index contributed by atoms with van der Waals surface area (Å²) in [6.45, 7) is 1.52. The van der Waals surface area contributed by atoms with Gasteiger partial charge in [-0.25, -0.2) is 4.39 Å². The molecule has 2 unspecified atom stereocenters. The Morgan fingerprint density at radius 3 is 2.56 bits per heavy atom. The lowest BCUT2D eigenvalue weighted by Gasteiger charge is -2.48. The van der Waals surface area contributed by atoms with E-state index in [4.69, 9.17) is 9.47 Å². The van der Waals surface area contributed by atoms with Gasteiger partial charge in [0.1, 0.15) is 17.5 Å². The van der Waals surface area contributed by atoms with Crippen LogP contribution in [-0.4, -0.2) is 38.3 Å². The fraction of sp³-hybridized carbons (Fsp3) is 0.500. The van der Waals surface area contributed by atoms with Gasteiger partial charge in [-0.1, -0.05) is 12.1 Å². The highest BCUT2D eigenvalue weighted by molar-refractivity contribution is 5.26. The molecule has 18 heavy (non-hydrogen) atoms. The lowest BCUT2D eigenvalue weighted by molar-refractivity contribution is -0.153. The molecular weight excluding hydrogens is 233 g/mol. The smallest absolute Gasteiger partial charge is 0.123 e. The Morgan fingerprint density at radius 2 is 2.00 bits per heavy atom. The highest BCUT2D eigenvalue weighted by Crippen LogP contribution is 2.37. The van der Waals surface area contributed by atoms with E-state index in [0.717, 1.165) is 18.5 Å². The molecule has 1 saturated heterocycles. The van der Waals surface area contributed by atoms with Crippen molar-refractivity contribution >= 4 is 0 Å². The van der Waals surface area contributed by atoms with Crippen molar-refractivity contribution in [1.82, 2.24) is 4.90 Å². The van der Waals surface area contributed by atoms with Gasteiger partial charge in [-0.3, -0.25) is 7.05 Å². The van der Waals surface area contributed by atoms with Crippen molar-refractivity contribution in [3.8, 4) is 0 Å². The number of piperidine rings is 1. The number of hydrogen-bond donors (Lipinski definition) is 0. The van der Waals surface area contributed by atoms with Crippen LogP contribution in [0.1, 0.15) is 12.0 Å². The number of likely N-dealkylation sites (tertiary alicyclic amines) is 1. The molecule has 0 saturated carbocycles. The average molecular weight is 252 g/mol. The Hall–Kier alpha value is -0.970. The van der Waals surface area contributed by atoms with Crippen LogP contribution in [0.2, 0.25) is 0 Å². The van der Waals surface area contributed by atoms with Crippen molar-refractivity contribution in [3.63, 3.8) is 0 Å². The molecule has 0 radical (unpaired) electrons. The minimum absolute atomic E-state index is 0.112. The lowest BCUT2D eigenvalue weighted by Crippen LogP contribution is -2.53. The number of halogens is 1. The van der Waals surface area contributed by atoms with Crippen LogP contribution in [0.5, 0.6) is 0 Å². The van der Waals surface area contributed by atoms with Crippen molar-refractivity contribution in [1.29, 1.82) is 0 Å². The molecule has 3 nitrogen and oxygen atoms in total. The molecular formula is C14H19FNO2-. The maximum atomic E-state index is 13.0. The first-order valence-corrected chi connectivity index (χ1v) is 6.02. The van der Waals surface area contributed by atoms with Gasteiger partial charge in [-0.15, -0.1) is 0 Å². The highest BCUT2D eigenvalue weighted by Gasteiger charge is 2.43. The standard InChI is InChI=1S/C14H19FNO2/c1-16-9-8-14(18-3,13(10-16)17-2)11-4-6-12(15)7-5-11/h4-7,13H,1,8-10H2,2-3H3/q-1. The fourth-order valence-electron chi connectivity index (χ4n) is 2.64. The first-order valence-electron chi connectivity index (χ1n) is 6.02. The van der Waals surface area contributed by atoms with E-state index in [9.17, 15) is 4.39 Å². The number of ether oxygens (including phenoxy) is 2. The van der Waals surface area contributed by atoms with Gasteiger partial charge in [0, 0.05) is 14.2 Å². The topological polar surface area (TPSA) is 21.7 Å². The molecule has 0 spiro atoms. The number of methoxy groups -OCH3 is 2. The summed E-state index contributed by atoms with van der Waals surface area (Å²) >= 11 is 0. The molecule has 1 aromatic carbocycles. The minimum atomic E-state index is -0.517. The summed E-state index contributed by atoms with van der Waals surface area (Å²) in [6.07, 6.45) is 0.663. The van der Waals surface area contributed by atoms with E-state index in [1.165, 1.54) is 12.1 Å². The summed E-state index contributed by atoms with van der Waals surface area (Å²) in [6, 6.07) is 6.45. The van der Waals surface area contributed by atoms with E-state index >= 15 is 0 Å². The Labute approximate surface area is 107 Å². The third-order valence-electron chi connectivity index (χ3n) is 3.73. The average Bonchev–Trinajstić information content (AvgIpc) is 2.40. The predicted octanol–water partition coefficient (Wildman–Crippen LogP) is 2.18. The third-order valence-corrected chi connectivity index (χ3v) is 3.73. The molecule has 1 heterocycles. The second kappa shape index (κ2) is 5.34. The summed E-state index contributed by atoms with van der Waals surface area (Å²) < 4.78 is 24.3. The van der Waals surface area contributed by atoms with Crippen LogP contribution in [0.4, 0.5) is 4.39 Å². The maximum absolute atomic E-state index is 13.0. The third kappa shape index (κ3) is 2.28. The molecule has 1 fully saturated rings. The molecule has 2 atom stereocenters. The van der Waals surface area contributed by atoms with E-state index in [1.54, 1.807) is 26.4 Å². The summed E-state index contributed by atoms with van der Waals surface area (Å²) in [5.74, 6) is -0.242. The summed E-state index contributed by atoms with van der Waals surface area (Å²) in [5, 5.41) is 0. The SMILES string of the molecule is [CH2-]N1CCC(OC)(c2ccc(F)cc2)C(OC)C1. The van der Waals surface area contributed by atoms with Gasteiger partial charge in [0.15, 0.2) is 0 Å². The molecule has 1 aliphatic heterocycles. The Bertz CT molecular complexity index is 395. The molecule has 100 valence electrons. The first-order chi connectivity index (χ1) is 8.62. The van der Waals surface area contributed by atoms with E-state index < -0.39 is 5.60 Å². The van der Waals surface area contributed by atoms with Crippen LogP contribution < -0.4 is 0 Å². The van der Waals surface area contributed by atoms with Crippen molar-refractivity contribution in [2.24, 2.45) is 0 Å². The second-order valence-electron chi connectivity index (χ2n) is 4.65. The Morgan fingerprint density at radius 1 is 1.33 bits per heavy atom. The first kappa shape index (κ1) is 13.5. The zero-order valence-electron chi connectivity index (χ0n) is 10.9. The van der Waals surface area contributed by atoms with E-state index in [-0.39, 0.29) is 11.9 Å². The predicted molar refractivity (Wildman–Crippen MR) is 67.4 cm³/mol. The zero-order valence-corrected chi connectivity index (χ0v) is 10.9. The second-order valence-corrected chi connectivity index (χ2v) is 4.65. The van der Waals surface area contributed by atoms with Crippen LogP contribution >= 0.6 is 0 Å². The van der Waals surface area contributed by atoms with Crippen molar-refractivity contribution < 1.29 is 13.9 Å². The number of nitrogens with zero attached hydrogens (tertiary/aromatic N) is 1. The molecule has 2 rings (SSSR count). The van der Waals surface area contributed by atoms with Gasteiger partial charge in [0.25, 0.3) is 0 Å². The monoisotopic (exact) mass is 252 g/mol. The molecule has 1 aliphatic rings. The van der Waals surface area contributed by atoms with Crippen LogP contribution in [-0.2, 0) is 15.1 Å². The van der Waals surface area contributed by atoms with E-state index in [2.05, 4.69) is 7.05 Å². The normalized spacial score (nSPS) is 29.4. The van der Waals surface area contributed by atoms with Crippen LogP contribution in [0.15, 0.2) is 24.3 Å². The van der Waals surface area contributed by atoms with Crippen LogP contribution in [0, 0.1) is 12.9 Å². The van der Waals surface area contributed by atoms with Crippen LogP contribution in [0.25, 0.3) is 0 Å². The molecule has 0 amide bonds. The minimum Gasteiger partial charge on any atom is -0.457 e. The zero-order chi connectivity index (χ0) is 13.2. The number of rotatable bonds is 3. The highest BCUT2D eigenvalue weighted by atomic mass is 19.1. The summed E-state index contributed by atoms with van der Waals surface area (Å²) in [5.41, 5.74) is 0.433. The van der Waals surface area contributed by atoms with E-state index in [0.29, 0.717) is 6.54 Å².